The molecule has 0 spiro atoms. The second-order valence-electron chi connectivity index (χ2n) is 5.21. The first-order valence-corrected chi connectivity index (χ1v) is 7.92. The molecule has 0 saturated carbocycles. The third-order valence-corrected chi connectivity index (χ3v) is 4.11. The standard InChI is InChI=1S/C14H19BrF3N3/c1-2-21(9-11-5-3-4-6-19-11)13-12(14(16,17)18)7-10(15)8-20-13/h7-8,11,19H,2-6,9H2,1H3. The molecule has 0 aromatic carbocycles. The van der Waals surface area contributed by atoms with E-state index in [0.29, 0.717) is 17.6 Å². The number of piperidine rings is 1. The summed E-state index contributed by atoms with van der Waals surface area (Å²) in [5, 5.41) is 3.36. The number of pyridine rings is 1. The number of likely N-dealkylation sites (N-methyl/N-ethyl adjacent to an activating group) is 1. The topological polar surface area (TPSA) is 28.2 Å². The zero-order valence-electron chi connectivity index (χ0n) is 11.9. The molecule has 2 heterocycles. The Kier molecular flexibility index (Phi) is 5.48. The maximum atomic E-state index is 13.2. The fourth-order valence-corrected chi connectivity index (χ4v) is 2.94. The Hall–Kier alpha value is -0.820. The molecule has 1 aliphatic rings. The predicted octanol–water partition coefficient (Wildman–Crippen LogP) is 3.83. The molecule has 0 bridgehead atoms. The van der Waals surface area contributed by atoms with Crippen molar-refractivity contribution in [2.24, 2.45) is 0 Å². The van der Waals surface area contributed by atoms with Gasteiger partial charge in [-0.05, 0) is 48.3 Å². The summed E-state index contributed by atoms with van der Waals surface area (Å²) >= 11 is 3.06. The number of nitrogens with one attached hydrogen (secondary N) is 1. The largest absolute Gasteiger partial charge is 0.419 e. The molecule has 1 unspecified atom stereocenters. The van der Waals surface area contributed by atoms with Gasteiger partial charge in [0.15, 0.2) is 0 Å². The highest BCUT2D eigenvalue weighted by Crippen LogP contribution is 2.37. The third kappa shape index (κ3) is 4.32. The summed E-state index contributed by atoms with van der Waals surface area (Å²) in [7, 11) is 0. The van der Waals surface area contributed by atoms with Crippen molar-refractivity contribution >= 4 is 21.7 Å². The number of anilines is 1. The summed E-state index contributed by atoms with van der Waals surface area (Å²) in [4.78, 5) is 5.72. The Morgan fingerprint density at radius 1 is 1.43 bits per heavy atom. The number of aromatic nitrogens is 1. The highest BCUT2D eigenvalue weighted by atomic mass is 79.9. The minimum absolute atomic E-state index is 0.0144. The van der Waals surface area contributed by atoms with Gasteiger partial charge in [-0.15, -0.1) is 0 Å². The van der Waals surface area contributed by atoms with Gasteiger partial charge in [0, 0.05) is 29.8 Å². The molecular weight excluding hydrogens is 347 g/mol. The molecule has 0 amide bonds. The van der Waals surface area contributed by atoms with Gasteiger partial charge < -0.3 is 10.2 Å². The van der Waals surface area contributed by atoms with E-state index in [4.69, 9.17) is 0 Å². The summed E-state index contributed by atoms with van der Waals surface area (Å²) in [6.45, 7) is 3.83. The monoisotopic (exact) mass is 365 g/mol. The molecule has 21 heavy (non-hydrogen) atoms. The molecule has 0 radical (unpaired) electrons. The van der Waals surface area contributed by atoms with Crippen molar-refractivity contribution in [1.29, 1.82) is 0 Å². The molecule has 2 rings (SSSR count). The highest BCUT2D eigenvalue weighted by Gasteiger charge is 2.36. The first kappa shape index (κ1) is 16.5. The number of halogens is 4. The van der Waals surface area contributed by atoms with Gasteiger partial charge in [-0.1, -0.05) is 6.42 Å². The van der Waals surface area contributed by atoms with Gasteiger partial charge in [0.25, 0.3) is 0 Å². The molecule has 118 valence electrons. The lowest BCUT2D eigenvalue weighted by molar-refractivity contribution is -0.137. The maximum Gasteiger partial charge on any atom is 0.419 e. The van der Waals surface area contributed by atoms with E-state index in [2.05, 4.69) is 26.2 Å². The molecule has 1 aromatic heterocycles. The van der Waals surface area contributed by atoms with Gasteiger partial charge in [-0.3, -0.25) is 0 Å². The fourth-order valence-electron chi connectivity index (χ4n) is 2.60. The first-order chi connectivity index (χ1) is 9.91. The molecule has 1 aliphatic heterocycles. The summed E-state index contributed by atoms with van der Waals surface area (Å²) in [6.07, 6.45) is 0.261. The Morgan fingerprint density at radius 3 is 2.76 bits per heavy atom. The first-order valence-electron chi connectivity index (χ1n) is 7.13. The summed E-state index contributed by atoms with van der Waals surface area (Å²) in [5.74, 6) is 0.0144. The van der Waals surface area contributed by atoms with Crippen molar-refractivity contribution in [3.63, 3.8) is 0 Å². The van der Waals surface area contributed by atoms with Crippen LogP contribution in [0.25, 0.3) is 0 Å². The Bertz CT molecular complexity index is 473. The Morgan fingerprint density at radius 2 is 2.19 bits per heavy atom. The fraction of sp³-hybridized carbons (Fsp3) is 0.643. The van der Waals surface area contributed by atoms with Gasteiger partial charge >= 0.3 is 6.18 Å². The van der Waals surface area contributed by atoms with Crippen LogP contribution in [0.1, 0.15) is 31.7 Å². The number of hydrogen-bond donors (Lipinski definition) is 1. The minimum Gasteiger partial charge on any atom is -0.355 e. The molecule has 3 nitrogen and oxygen atoms in total. The summed E-state index contributed by atoms with van der Waals surface area (Å²) in [5.41, 5.74) is -0.686. The maximum absolute atomic E-state index is 13.2. The van der Waals surface area contributed by atoms with Gasteiger partial charge in [0.05, 0.1) is 5.56 Å². The van der Waals surface area contributed by atoms with E-state index in [0.717, 1.165) is 31.9 Å². The van der Waals surface area contributed by atoms with Gasteiger partial charge in [0.2, 0.25) is 0 Å². The van der Waals surface area contributed by atoms with Crippen LogP contribution in [-0.4, -0.2) is 30.7 Å². The van der Waals surface area contributed by atoms with Crippen molar-refractivity contribution in [1.82, 2.24) is 10.3 Å². The average molecular weight is 366 g/mol. The van der Waals surface area contributed by atoms with Crippen LogP contribution in [-0.2, 0) is 6.18 Å². The van der Waals surface area contributed by atoms with Crippen molar-refractivity contribution in [3.05, 3.63) is 22.3 Å². The zero-order chi connectivity index (χ0) is 15.5. The molecule has 7 heteroatoms. The number of hydrogen-bond acceptors (Lipinski definition) is 3. The third-order valence-electron chi connectivity index (χ3n) is 3.67. The molecule has 1 atom stereocenters. The highest BCUT2D eigenvalue weighted by molar-refractivity contribution is 9.10. The van der Waals surface area contributed by atoms with Crippen LogP contribution in [0.3, 0.4) is 0 Å². The molecule has 1 N–H and O–H groups in total. The predicted molar refractivity (Wildman–Crippen MR) is 80.5 cm³/mol. The molecule has 1 fully saturated rings. The van der Waals surface area contributed by atoms with E-state index in [1.54, 1.807) is 4.90 Å². The quantitative estimate of drug-likeness (QED) is 0.878. The van der Waals surface area contributed by atoms with Crippen LogP contribution >= 0.6 is 15.9 Å². The van der Waals surface area contributed by atoms with Crippen molar-refractivity contribution < 1.29 is 13.2 Å². The van der Waals surface area contributed by atoms with Gasteiger partial charge in [-0.2, -0.15) is 13.2 Å². The molecular formula is C14H19BrF3N3. The zero-order valence-corrected chi connectivity index (χ0v) is 13.5. The average Bonchev–Trinajstić information content (AvgIpc) is 2.45. The SMILES string of the molecule is CCN(CC1CCCCN1)c1ncc(Br)cc1C(F)(F)F. The molecule has 0 aliphatic carbocycles. The second-order valence-corrected chi connectivity index (χ2v) is 6.12. The lowest BCUT2D eigenvalue weighted by Crippen LogP contribution is -2.44. The lowest BCUT2D eigenvalue weighted by atomic mass is 10.0. The van der Waals surface area contributed by atoms with Crippen molar-refractivity contribution in [3.8, 4) is 0 Å². The van der Waals surface area contributed by atoms with Crippen molar-refractivity contribution in [2.75, 3.05) is 24.5 Å². The van der Waals surface area contributed by atoms with Gasteiger partial charge in [0.1, 0.15) is 5.82 Å². The second kappa shape index (κ2) is 6.96. The van der Waals surface area contributed by atoms with E-state index in [1.807, 2.05) is 6.92 Å². The van der Waals surface area contributed by atoms with Gasteiger partial charge in [-0.25, -0.2) is 4.98 Å². The summed E-state index contributed by atoms with van der Waals surface area (Å²) < 4.78 is 39.9. The van der Waals surface area contributed by atoms with Crippen LogP contribution in [0.4, 0.5) is 19.0 Å². The number of alkyl halides is 3. The molecule has 1 aromatic rings. The normalized spacial score (nSPS) is 19.6. The van der Waals surface area contributed by atoms with Crippen LogP contribution in [0, 0.1) is 0 Å². The van der Waals surface area contributed by atoms with Crippen LogP contribution < -0.4 is 10.2 Å². The van der Waals surface area contributed by atoms with E-state index in [1.165, 1.54) is 6.20 Å². The lowest BCUT2D eigenvalue weighted by Gasteiger charge is -2.32. The minimum atomic E-state index is -4.40. The van der Waals surface area contributed by atoms with E-state index in [9.17, 15) is 13.2 Å². The van der Waals surface area contributed by atoms with E-state index >= 15 is 0 Å². The van der Waals surface area contributed by atoms with Crippen LogP contribution in [0.5, 0.6) is 0 Å². The van der Waals surface area contributed by atoms with E-state index < -0.39 is 11.7 Å². The Labute approximate surface area is 131 Å². The smallest absolute Gasteiger partial charge is 0.355 e. The van der Waals surface area contributed by atoms with E-state index in [-0.39, 0.29) is 11.9 Å². The molecule has 1 saturated heterocycles. The number of rotatable bonds is 4. The Balaban J connectivity index is 2.24. The van der Waals surface area contributed by atoms with Crippen LogP contribution in [0.15, 0.2) is 16.7 Å². The van der Waals surface area contributed by atoms with Crippen molar-refractivity contribution in [2.45, 2.75) is 38.4 Å². The summed E-state index contributed by atoms with van der Waals surface area (Å²) in [6, 6.07) is 1.32. The number of nitrogens with zero attached hydrogens (tertiary/aromatic N) is 2. The van der Waals surface area contributed by atoms with Crippen LogP contribution in [0.2, 0.25) is 0 Å².